The molecule has 2 rings (SSSR count). The molecule has 0 saturated carbocycles. The second kappa shape index (κ2) is 3.50. The third kappa shape index (κ3) is 1.61. The van der Waals surface area contributed by atoms with Gasteiger partial charge in [0.2, 0.25) is 0 Å². The quantitative estimate of drug-likeness (QED) is 0.548. The predicted molar refractivity (Wildman–Crippen MR) is 57.8 cm³/mol. The van der Waals surface area contributed by atoms with Crippen molar-refractivity contribution in [1.29, 1.82) is 0 Å². The summed E-state index contributed by atoms with van der Waals surface area (Å²) >= 11 is 3.46. The average molecular weight is 239 g/mol. The number of nitrogens with two attached hydrogens (primary N) is 1. The molecule has 1 aromatic carbocycles. The average Bonchev–Trinajstić information content (AvgIpc) is 2.16. The highest BCUT2D eigenvalue weighted by Gasteiger charge is 2.14. The summed E-state index contributed by atoms with van der Waals surface area (Å²) in [7, 11) is 0. The molecule has 0 amide bonds. The van der Waals surface area contributed by atoms with Crippen molar-refractivity contribution in [2.75, 3.05) is 0 Å². The molecule has 2 nitrogen and oxygen atoms in total. The first-order valence-electron chi connectivity index (χ1n) is 4.37. The Morgan fingerprint density at radius 2 is 2.15 bits per heavy atom. The molecule has 0 fully saturated rings. The first kappa shape index (κ1) is 8.75. The van der Waals surface area contributed by atoms with Crippen LogP contribution in [0.5, 0.6) is 0 Å². The lowest BCUT2D eigenvalue weighted by Crippen LogP contribution is -2.13. The minimum absolute atomic E-state index is 1.01. The molecule has 1 aromatic rings. The van der Waals surface area contributed by atoms with Crippen LogP contribution < -0.4 is 5.84 Å². The largest absolute Gasteiger partial charge is 0.323 e. The molecule has 2 N–H and O–H groups in total. The number of fused-ring (bicyclic) bond motifs is 1. The first-order chi connectivity index (χ1) is 6.31. The summed E-state index contributed by atoms with van der Waals surface area (Å²) in [6.07, 6.45) is 3.29. The summed E-state index contributed by atoms with van der Waals surface area (Å²) in [5.74, 6) is 5.33. The maximum absolute atomic E-state index is 5.33. The fourth-order valence-corrected chi connectivity index (χ4v) is 2.17. The van der Waals surface area contributed by atoms with Crippen molar-refractivity contribution < 1.29 is 0 Å². The van der Waals surface area contributed by atoms with Gasteiger partial charge >= 0.3 is 0 Å². The fraction of sp³-hybridized carbons (Fsp3) is 0.300. The zero-order chi connectivity index (χ0) is 9.26. The fourth-order valence-electron chi connectivity index (χ4n) is 1.77. The Kier molecular flexibility index (Phi) is 2.36. The minimum atomic E-state index is 1.01. The van der Waals surface area contributed by atoms with Crippen LogP contribution in [0.4, 0.5) is 0 Å². The van der Waals surface area contributed by atoms with E-state index in [-0.39, 0.29) is 0 Å². The van der Waals surface area contributed by atoms with E-state index < -0.39 is 0 Å². The van der Waals surface area contributed by atoms with Crippen molar-refractivity contribution >= 4 is 21.6 Å². The predicted octanol–water partition coefficient (Wildman–Crippen LogP) is 2.45. The molecule has 1 aliphatic carbocycles. The Morgan fingerprint density at radius 1 is 1.31 bits per heavy atom. The zero-order valence-electron chi connectivity index (χ0n) is 7.26. The van der Waals surface area contributed by atoms with Gasteiger partial charge in [-0.15, -0.1) is 0 Å². The summed E-state index contributed by atoms with van der Waals surface area (Å²) in [4.78, 5) is 0. The van der Waals surface area contributed by atoms with Crippen LogP contribution >= 0.6 is 15.9 Å². The van der Waals surface area contributed by atoms with Crippen LogP contribution in [-0.4, -0.2) is 5.71 Å². The SMILES string of the molecule is N/N=C1/CCCc2cc(Br)ccc21. The highest BCUT2D eigenvalue weighted by molar-refractivity contribution is 9.10. The lowest BCUT2D eigenvalue weighted by Gasteiger charge is -2.17. The monoisotopic (exact) mass is 238 g/mol. The molecule has 0 atom stereocenters. The van der Waals surface area contributed by atoms with Crippen LogP contribution in [0, 0.1) is 0 Å². The number of hydrogen-bond donors (Lipinski definition) is 1. The zero-order valence-corrected chi connectivity index (χ0v) is 8.84. The number of benzene rings is 1. The van der Waals surface area contributed by atoms with Crippen LogP contribution in [0.1, 0.15) is 24.0 Å². The number of rotatable bonds is 0. The van der Waals surface area contributed by atoms with Crippen molar-refractivity contribution in [3.8, 4) is 0 Å². The van der Waals surface area contributed by atoms with E-state index in [4.69, 9.17) is 5.84 Å². The lowest BCUT2D eigenvalue weighted by molar-refractivity contribution is 0.834. The molecular weight excluding hydrogens is 228 g/mol. The van der Waals surface area contributed by atoms with E-state index >= 15 is 0 Å². The number of hydrazone groups is 1. The van der Waals surface area contributed by atoms with Crippen molar-refractivity contribution in [2.45, 2.75) is 19.3 Å². The maximum Gasteiger partial charge on any atom is 0.0675 e. The van der Waals surface area contributed by atoms with Crippen LogP contribution in [0.3, 0.4) is 0 Å². The van der Waals surface area contributed by atoms with Crippen molar-refractivity contribution in [2.24, 2.45) is 10.9 Å². The van der Waals surface area contributed by atoms with E-state index in [1.807, 2.05) is 6.07 Å². The second-order valence-electron chi connectivity index (χ2n) is 3.23. The molecule has 0 aliphatic heterocycles. The van der Waals surface area contributed by atoms with Gasteiger partial charge in [0.15, 0.2) is 0 Å². The van der Waals surface area contributed by atoms with Crippen molar-refractivity contribution in [1.82, 2.24) is 0 Å². The van der Waals surface area contributed by atoms with Gasteiger partial charge in [-0.25, -0.2) is 0 Å². The summed E-state index contributed by atoms with van der Waals surface area (Å²) in [6, 6.07) is 6.28. The number of nitrogens with zero attached hydrogens (tertiary/aromatic N) is 1. The molecular formula is C10H11BrN2. The lowest BCUT2D eigenvalue weighted by atomic mass is 9.90. The molecule has 0 spiro atoms. The molecule has 13 heavy (non-hydrogen) atoms. The molecule has 68 valence electrons. The number of halogens is 1. The highest BCUT2D eigenvalue weighted by Crippen LogP contribution is 2.24. The first-order valence-corrected chi connectivity index (χ1v) is 5.16. The molecule has 3 heteroatoms. The standard InChI is InChI=1S/C10H11BrN2/c11-8-4-5-9-7(6-8)2-1-3-10(9)13-12/h4-6H,1-3,12H2/b13-10-. The Hall–Kier alpha value is -0.830. The van der Waals surface area contributed by atoms with Gasteiger partial charge in [0.1, 0.15) is 0 Å². The van der Waals surface area contributed by atoms with Crippen LogP contribution in [-0.2, 0) is 6.42 Å². The van der Waals surface area contributed by atoms with Crippen LogP contribution in [0.2, 0.25) is 0 Å². The van der Waals surface area contributed by atoms with Gasteiger partial charge in [-0.05, 0) is 37.0 Å². The normalized spacial score (nSPS) is 18.7. The maximum atomic E-state index is 5.33. The third-order valence-electron chi connectivity index (χ3n) is 2.39. The summed E-state index contributed by atoms with van der Waals surface area (Å²) in [6.45, 7) is 0. The third-order valence-corrected chi connectivity index (χ3v) is 2.89. The molecule has 0 heterocycles. The van der Waals surface area contributed by atoms with Gasteiger partial charge in [0.05, 0.1) is 5.71 Å². The Morgan fingerprint density at radius 3 is 2.92 bits per heavy atom. The summed E-state index contributed by atoms with van der Waals surface area (Å²) < 4.78 is 1.13. The molecule has 0 saturated heterocycles. The molecule has 0 unspecified atom stereocenters. The van der Waals surface area contributed by atoms with Gasteiger partial charge < -0.3 is 5.84 Å². The van der Waals surface area contributed by atoms with E-state index in [0.717, 1.165) is 29.4 Å². The summed E-state index contributed by atoms with van der Waals surface area (Å²) in [5, 5.41) is 3.82. The van der Waals surface area contributed by atoms with Gasteiger partial charge in [0.25, 0.3) is 0 Å². The molecule has 0 bridgehead atoms. The van der Waals surface area contributed by atoms with Gasteiger partial charge in [-0.3, -0.25) is 0 Å². The van der Waals surface area contributed by atoms with Crippen LogP contribution in [0.25, 0.3) is 0 Å². The summed E-state index contributed by atoms with van der Waals surface area (Å²) in [5.41, 5.74) is 3.61. The smallest absolute Gasteiger partial charge is 0.0675 e. The number of hydrogen-bond acceptors (Lipinski definition) is 2. The van der Waals surface area contributed by atoms with E-state index in [0.29, 0.717) is 0 Å². The number of aryl methyl sites for hydroxylation is 1. The Bertz CT molecular complexity index is 358. The van der Waals surface area contributed by atoms with Crippen molar-refractivity contribution in [3.63, 3.8) is 0 Å². The van der Waals surface area contributed by atoms with Crippen LogP contribution in [0.15, 0.2) is 27.8 Å². The van der Waals surface area contributed by atoms with E-state index in [1.165, 1.54) is 11.1 Å². The van der Waals surface area contributed by atoms with E-state index in [1.54, 1.807) is 0 Å². The minimum Gasteiger partial charge on any atom is -0.323 e. The molecule has 0 radical (unpaired) electrons. The van der Waals surface area contributed by atoms with E-state index in [2.05, 4.69) is 33.2 Å². The molecule has 0 aromatic heterocycles. The van der Waals surface area contributed by atoms with Gasteiger partial charge in [-0.1, -0.05) is 22.0 Å². The Balaban J connectivity index is 2.52. The van der Waals surface area contributed by atoms with E-state index in [9.17, 15) is 0 Å². The highest BCUT2D eigenvalue weighted by atomic mass is 79.9. The van der Waals surface area contributed by atoms with Gasteiger partial charge in [-0.2, -0.15) is 5.10 Å². The molecule has 1 aliphatic rings. The second-order valence-corrected chi connectivity index (χ2v) is 4.15. The van der Waals surface area contributed by atoms with Crippen molar-refractivity contribution in [3.05, 3.63) is 33.8 Å². The van der Waals surface area contributed by atoms with Gasteiger partial charge in [0, 0.05) is 10.0 Å². The Labute approximate surface area is 86.0 Å². The topological polar surface area (TPSA) is 38.4 Å².